The van der Waals surface area contributed by atoms with Crippen LogP contribution in [-0.4, -0.2) is 12.1 Å². The monoisotopic (exact) mass is 251 g/mol. The maximum Gasteiger partial charge on any atom is 0.0184 e. The van der Waals surface area contributed by atoms with Gasteiger partial charge in [0.2, 0.25) is 0 Å². The van der Waals surface area contributed by atoms with Gasteiger partial charge in [-0.1, -0.05) is 32.3 Å². The molecule has 96 valence electrons. The molecule has 1 aromatic rings. The molecule has 1 N–H and O–H groups in total. The SMILES string of the molecule is CCCC1(CCc2cccs2)CCCCCN1. The summed E-state index contributed by atoms with van der Waals surface area (Å²) in [4.78, 5) is 1.55. The second kappa shape index (κ2) is 6.55. The van der Waals surface area contributed by atoms with E-state index >= 15 is 0 Å². The van der Waals surface area contributed by atoms with Crippen LogP contribution in [0.1, 0.15) is 56.7 Å². The van der Waals surface area contributed by atoms with Gasteiger partial charge in [-0.3, -0.25) is 0 Å². The number of rotatable bonds is 5. The fourth-order valence-electron chi connectivity index (χ4n) is 3.05. The standard InChI is InChI=1S/C15H25NS/c1-2-9-15(10-4-3-5-12-16-15)11-8-14-7-6-13-17-14/h6-7,13,16H,2-5,8-12H2,1H3. The van der Waals surface area contributed by atoms with E-state index in [2.05, 4.69) is 29.8 Å². The molecule has 1 atom stereocenters. The van der Waals surface area contributed by atoms with E-state index in [4.69, 9.17) is 0 Å². The van der Waals surface area contributed by atoms with Gasteiger partial charge in [-0.2, -0.15) is 0 Å². The average Bonchev–Trinajstić information content (AvgIpc) is 2.75. The minimum absolute atomic E-state index is 0.440. The van der Waals surface area contributed by atoms with E-state index in [0.29, 0.717) is 5.54 Å². The van der Waals surface area contributed by atoms with Crippen molar-refractivity contribution in [3.8, 4) is 0 Å². The summed E-state index contributed by atoms with van der Waals surface area (Å²) in [6.45, 7) is 3.55. The zero-order chi connectivity index (χ0) is 12.0. The van der Waals surface area contributed by atoms with Gasteiger partial charge in [0.15, 0.2) is 0 Å². The Hall–Kier alpha value is -0.340. The van der Waals surface area contributed by atoms with Crippen LogP contribution in [0.2, 0.25) is 0 Å². The van der Waals surface area contributed by atoms with Crippen LogP contribution in [0, 0.1) is 0 Å². The zero-order valence-corrected chi connectivity index (χ0v) is 11.8. The quantitative estimate of drug-likeness (QED) is 0.818. The van der Waals surface area contributed by atoms with E-state index in [1.54, 1.807) is 4.88 Å². The van der Waals surface area contributed by atoms with Crippen molar-refractivity contribution in [3.05, 3.63) is 22.4 Å². The first-order chi connectivity index (χ1) is 8.35. The molecule has 0 bridgehead atoms. The van der Waals surface area contributed by atoms with Gasteiger partial charge >= 0.3 is 0 Å². The Morgan fingerprint density at radius 2 is 2.24 bits per heavy atom. The molecule has 1 unspecified atom stereocenters. The second-order valence-electron chi connectivity index (χ2n) is 5.35. The highest BCUT2D eigenvalue weighted by Gasteiger charge is 2.29. The molecule has 0 aliphatic carbocycles. The molecule has 0 radical (unpaired) electrons. The van der Waals surface area contributed by atoms with Crippen LogP contribution in [-0.2, 0) is 6.42 Å². The van der Waals surface area contributed by atoms with E-state index in [0.717, 1.165) is 0 Å². The van der Waals surface area contributed by atoms with E-state index in [1.165, 1.54) is 57.9 Å². The van der Waals surface area contributed by atoms with E-state index < -0.39 is 0 Å². The van der Waals surface area contributed by atoms with E-state index in [1.807, 2.05) is 11.3 Å². The molecule has 2 heterocycles. The molecule has 1 aliphatic heterocycles. The maximum atomic E-state index is 3.86. The third-order valence-corrected chi connectivity index (χ3v) is 4.93. The van der Waals surface area contributed by atoms with Gasteiger partial charge in [-0.25, -0.2) is 0 Å². The number of thiophene rings is 1. The first kappa shape index (κ1) is 13.1. The Labute approximate surface area is 110 Å². The minimum atomic E-state index is 0.440. The molecule has 1 fully saturated rings. The van der Waals surface area contributed by atoms with E-state index in [9.17, 15) is 0 Å². The van der Waals surface area contributed by atoms with Crippen molar-refractivity contribution in [2.24, 2.45) is 0 Å². The molecular weight excluding hydrogens is 226 g/mol. The summed E-state index contributed by atoms with van der Waals surface area (Å²) in [6, 6.07) is 4.45. The summed E-state index contributed by atoms with van der Waals surface area (Å²) < 4.78 is 0. The van der Waals surface area contributed by atoms with Crippen molar-refractivity contribution in [2.75, 3.05) is 6.54 Å². The highest BCUT2D eigenvalue weighted by atomic mass is 32.1. The first-order valence-corrected chi connectivity index (χ1v) is 8.00. The van der Waals surface area contributed by atoms with Gasteiger partial charge in [0.1, 0.15) is 0 Å². The van der Waals surface area contributed by atoms with Crippen molar-refractivity contribution >= 4 is 11.3 Å². The Kier molecular flexibility index (Phi) is 5.05. The lowest BCUT2D eigenvalue weighted by Gasteiger charge is -2.34. The highest BCUT2D eigenvalue weighted by Crippen LogP contribution is 2.29. The Balaban J connectivity index is 1.94. The fourth-order valence-corrected chi connectivity index (χ4v) is 3.76. The first-order valence-electron chi connectivity index (χ1n) is 7.12. The molecule has 2 heteroatoms. The van der Waals surface area contributed by atoms with Crippen LogP contribution < -0.4 is 5.32 Å². The van der Waals surface area contributed by atoms with Crippen LogP contribution in [0.15, 0.2) is 17.5 Å². The van der Waals surface area contributed by atoms with Crippen molar-refractivity contribution in [1.29, 1.82) is 0 Å². The Morgan fingerprint density at radius 3 is 3.00 bits per heavy atom. The number of nitrogens with one attached hydrogen (secondary N) is 1. The fraction of sp³-hybridized carbons (Fsp3) is 0.733. The normalized spacial score (nSPS) is 25.7. The van der Waals surface area contributed by atoms with Crippen molar-refractivity contribution < 1.29 is 0 Å². The molecule has 17 heavy (non-hydrogen) atoms. The number of hydrogen-bond donors (Lipinski definition) is 1. The van der Waals surface area contributed by atoms with Crippen molar-refractivity contribution in [1.82, 2.24) is 5.32 Å². The van der Waals surface area contributed by atoms with Crippen LogP contribution >= 0.6 is 11.3 Å². The smallest absolute Gasteiger partial charge is 0.0184 e. The largest absolute Gasteiger partial charge is 0.311 e. The van der Waals surface area contributed by atoms with Gasteiger partial charge in [-0.15, -0.1) is 11.3 Å². The predicted octanol–water partition coefficient (Wildman–Crippen LogP) is 4.38. The zero-order valence-electron chi connectivity index (χ0n) is 11.0. The third kappa shape index (κ3) is 3.82. The van der Waals surface area contributed by atoms with Gasteiger partial charge in [0.05, 0.1) is 0 Å². The summed E-state index contributed by atoms with van der Waals surface area (Å²) in [5.41, 5.74) is 0.440. The topological polar surface area (TPSA) is 12.0 Å². The minimum Gasteiger partial charge on any atom is -0.311 e. The van der Waals surface area contributed by atoms with Crippen molar-refractivity contribution in [2.45, 2.75) is 63.8 Å². The third-order valence-electron chi connectivity index (χ3n) is 3.99. The summed E-state index contributed by atoms with van der Waals surface area (Å²) in [5, 5.41) is 6.06. The molecule has 1 aliphatic rings. The molecule has 0 saturated carbocycles. The molecule has 1 saturated heterocycles. The number of aryl methyl sites for hydroxylation is 1. The lowest BCUT2D eigenvalue weighted by molar-refractivity contribution is 0.271. The molecule has 0 amide bonds. The Bertz CT molecular complexity index is 297. The molecule has 1 aromatic heterocycles. The maximum absolute atomic E-state index is 3.86. The van der Waals surface area contributed by atoms with E-state index in [-0.39, 0.29) is 0 Å². The second-order valence-corrected chi connectivity index (χ2v) is 6.38. The lowest BCUT2D eigenvalue weighted by Crippen LogP contribution is -2.44. The van der Waals surface area contributed by atoms with Crippen LogP contribution in [0.4, 0.5) is 0 Å². The summed E-state index contributed by atoms with van der Waals surface area (Å²) in [5.74, 6) is 0. The molecule has 0 spiro atoms. The van der Waals surface area contributed by atoms with Crippen LogP contribution in [0.25, 0.3) is 0 Å². The average molecular weight is 251 g/mol. The van der Waals surface area contributed by atoms with Crippen molar-refractivity contribution in [3.63, 3.8) is 0 Å². The van der Waals surface area contributed by atoms with Gasteiger partial charge < -0.3 is 5.32 Å². The summed E-state index contributed by atoms with van der Waals surface area (Å²) in [7, 11) is 0. The van der Waals surface area contributed by atoms with Gasteiger partial charge in [-0.05, 0) is 50.1 Å². The molecule has 2 rings (SSSR count). The summed E-state index contributed by atoms with van der Waals surface area (Å²) in [6.07, 6.45) is 10.8. The molecule has 0 aromatic carbocycles. The molecule has 1 nitrogen and oxygen atoms in total. The van der Waals surface area contributed by atoms with Gasteiger partial charge in [0, 0.05) is 10.4 Å². The lowest BCUT2D eigenvalue weighted by atomic mass is 9.84. The van der Waals surface area contributed by atoms with Crippen LogP contribution in [0.5, 0.6) is 0 Å². The van der Waals surface area contributed by atoms with Crippen LogP contribution in [0.3, 0.4) is 0 Å². The van der Waals surface area contributed by atoms with Gasteiger partial charge in [0.25, 0.3) is 0 Å². The molecular formula is C15H25NS. The summed E-state index contributed by atoms with van der Waals surface area (Å²) >= 11 is 1.91. The Morgan fingerprint density at radius 1 is 1.29 bits per heavy atom. The highest BCUT2D eigenvalue weighted by molar-refractivity contribution is 7.09. The number of hydrogen-bond acceptors (Lipinski definition) is 2. The predicted molar refractivity (Wildman–Crippen MR) is 76.7 cm³/mol.